The van der Waals surface area contributed by atoms with Crippen molar-refractivity contribution in [1.82, 2.24) is 5.32 Å². The minimum absolute atomic E-state index is 0.0720. The van der Waals surface area contributed by atoms with Crippen molar-refractivity contribution in [3.05, 3.63) is 39.9 Å². The third-order valence-electron chi connectivity index (χ3n) is 8.44. The fraction of sp³-hybridized carbons (Fsp3) is 0.481. The summed E-state index contributed by atoms with van der Waals surface area (Å²) in [6.45, 7) is -0.0720. The summed E-state index contributed by atoms with van der Waals surface area (Å²) in [4.78, 5) is 50.2. The average Bonchev–Trinajstić information content (AvgIpc) is 2.88. The Hall–Kier alpha value is -3.77. The molecular weight excluding hydrogens is 513 g/mol. The van der Waals surface area contributed by atoms with Gasteiger partial charge in [0.05, 0.1) is 17.8 Å². The van der Waals surface area contributed by atoms with E-state index in [2.05, 4.69) is 10.6 Å². The molecule has 208 valence electrons. The van der Waals surface area contributed by atoms with Crippen LogP contribution in [0.15, 0.2) is 23.0 Å². The molecule has 3 atom stereocenters. The normalized spacial score (nSPS) is 27.1. The Morgan fingerprint density at radius 3 is 2.46 bits per heavy atom. The number of primary amides is 1. The molecule has 12 heteroatoms. The second kappa shape index (κ2) is 9.76. The molecule has 0 spiro atoms. The van der Waals surface area contributed by atoms with Gasteiger partial charge in [-0.25, -0.2) is 4.39 Å². The van der Waals surface area contributed by atoms with Gasteiger partial charge in [0.25, 0.3) is 5.91 Å². The van der Waals surface area contributed by atoms with Crippen LogP contribution < -0.4 is 16.4 Å². The number of ketones is 2. The minimum Gasteiger partial charge on any atom is -0.508 e. The molecule has 11 nitrogen and oxygen atoms in total. The second-order valence-electron chi connectivity index (χ2n) is 10.8. The maximum Gasteiger partial charge on any atom is 0.255 e. The van der Waals surface area contributed by atoms with Gasteiger partial charge in [-0.05, 0) is 31.6 Å². The number of carbonyl (C=O) groups is 4. The average molecular weight is 544 g/mol. The maximum atomic E-state index is 15.2. The molecule has 1 aromatic carbocycles. The number of anilines is 1. The standard InChI is InChI=1S/C27H30FN3O8/c28-15-9-16(31-18(33)10-30-13-4-2-1-3-5-13)22(34)20-14(15)7-11-6-12-8-17(32)21(26(29)38)25(37)27(12,39)24(36)19(11)23(20)35/h9,11-13,30,34-35,37,39H,1-8,10H2,(H2,29,38)(H,31,33)/t11?,12-,27-/m0/s1. The van der Waals surface area contributed by atoms with Crippen molar-refractivity contribution in [2.45, 2.75) is 63.0 Å². The Labute approximate surface area is 222 Å². The van der Waals surface area contributed by atoms with E-state index in [1.54, 1.807) is 0 Å². The van der Waals surface area contributed by atoms with Crippen molar-refractivity contribution in [3.8, 4) is 5.75 Å². The monoisotopic (exact) mass is 543 g/mol. The third kappa shape index (κ3) is 4.27. The second-order valence-corrected chi connectivity index (χ2v) is 10.8. The van der Waals surface area contributed by atoms with Crippen LogP contribution in [0.3, 0.4) is 0 Å². The van der Waals surface area contributed by atoms with E-state index in [9.17, 15) is 39.6 Å². The van der Waals surface area contributed by atoms with E-state index in [0.717, 1.165) is 38.2 Å². The number of amides is 2. The number of phenols is 1. The van der Waals surface area contributed by atoms with Crippen LogP contribution in [0, 0.1) is 17.7 Å². The number of hydrogen-bond acceptors (Lipinski definition) is 9. The lowest BCUT2D eigenvalue weighted by atomic mass is 9.59. The molecule has 0 saturated heterocycles. The van der Waals surface area contributed by atoms with E-state index < -0.39 is 81.5 Å². The Morgan fingerprint density at radius 1 is 1.10 bits per heavy atom. The summed E-state index contributed by atoms with van der Waals surface area (Å²) in [6, 6.07) is 1.12. The quantitative estimate of drug-likeness (QED) is 0.212. The molecule has 2 amide bonds. The molecule has 1 aromatic rings. The molecule has 0 radical (unpaired) electrons. The molecule has 39 heavy (non-hydrogen) atoms. The number of benzene rings is 1. The number of hydrogen-bond donors (Lipinski definition) is 7. The van der Waals surface area contributed by atoms with Crippen LogP contribution in [0.5, 0.6) is 5.75 Å². The topological polar surface area (TPSA) is 199 Å². The van der Waals surface area contributed by atoms with Gasteiger partial charge < -0.3 is 36.8 Å². The van der Waals surface area contributed by atoms with E-state index in [-0.39, 0.29) is 42.3 Å². The summed E-state index contributed by atoms with van der Waals surface area (Å²) in [5.74, 6) is -9.37. The van der Waals surface area contributed by atoms with E-state index in [1.165, 1.54) is 0 Å². The highest BCUT2D eigenvalue weighted by Gasteiger charge is 2.60. The molecular formula is C27H30FN3O8. The molecule has 2 fully saturated rings. The summed E-state index contributed by atoms with van der Waals surface area (Å²) in [7, 11) is 0. The fourth-order valence-electron chi connectivity index (χ4n) is 6.48. The number of aliphatic hydroxyl groups excluding tert-OH is 2. The van der Waals surface area contributed by atoms with Crippen molar-refractivity contribution < 1.29 is 44.0 Å². The highest BCUT2D eigenvalue weighted by Crippen LogP contribution is 2.53. The van der Waals surface area contributed by atoms with Gasteiger partial charge in [0, 0.05) is 35.6 Å². The molecule has 4 aliphatic rings. The molecule has 5 rings (SSSR count). The summed E-state index contributed by atoms with van der Waals surface area (Å²) >= 11 is 0. The van der Waals surface area contributed by atoms with Crippen LogP contribution in [-0.2, 0) is 25.6 Å². The van der Waals surface area contributed by atoms with Crippen LogP contribution >= 0.6 is 0 Å². The molecule has 2 saturated carbocycles. The summed E-state index contributed by atoms with van der Waals surface area (Å²) in [5.41, 5.74) is 0.361. The number of phenolic OH excluding ortho intramolecular Hbond substituents is 1. The third-order valence-corrected chi connectivity index (χ3v) is 8.44. The zero-order valence-corrected chi connectivity index (χ0v) is 21.1. The Balaban J connectivity index is 1.48. The zero-order chi connectivity index (χ0) is 28.2. The van der Waals surface area contributed by atoms with Crippen LogP contribution in [0.4, 0.5) is 10.1 Å². The van der Waals surface area contributed by atoms with E-state index in [0.29, 0.717) is 0 Å². The van der Waals surface area contributed by atoms with E-state index in [1.807, 2.05) is 0 Å². The molecule has 4 aliphatic carbocycles. The molecule has 0 aliphatic heterocycles. The number of aliphatic hydroxyl groups is 3. The predicted octanol–water partition coefficient (Wildman–Crippen LogP) is 1.42. The number of aromatic hydroxyl groups is 1. The van der Waals surface area contributed by atoms with Gasteiger partial charge in [-0.1, -0.05) is 19.3 Å². The smallest absolute Gasteiger partial charge is 0.255 e. The van der Waals surface area contributed by atoms with Gasteiger partial charge in [0.15, 0.2) is 17.1 Å². The lowest BCUT2D eigenvalue weighted by Crippen LogP contribution is -2.58. The molecule has 0 heterocycles. The first-order valence-corrected chi connectivity index (χ1v) is 13.0. The van der Waals surface area contributed by atoms with Crippen molar-refractivity contribution >= 4 is 34.8 Å². The number of carbonyl (C=O) groups excluding carboxylic acids is 4. The highest BCUT2D eigenvalue weighted by atomic mass is 19.1. The zero-order valence-electron chi connectivity index (χ0n) is 21.1. The molecule has 0 aromatic heterocycles. The van der Waals surface area contributed by atoms with Gasteiger partial charge in [0.1, 0.15) is 22.9 Å². The number of fused-ring (bicyclic) bond motifs is 3. The van der Waals surface area contributed by atoms with Crippen LogP contribution in [0.1, 0.15) is 56.1 Å². The first kappa shape index (κ1) is 26.8. The Bertz CT molecular complexity index is 1360. The van der Waals surface area contributed by atoms with E-state index in [4.69, 9.17) is 5.73 Å². The highest BCUT2D eigenvalue weighted by molar-refractivity contribution is 6.22. The maximum absolute atomic E-state index is 15.2. The summed E-state index contributed by atoms with van der Waals surface area (Å²) < 4.78 is 15.2. The number of rotatable bonds is 5. The van der Waals surface area contributed by atoms with E-state index >= 15 is 4.39 Å². The molecule has 0 bridgehead atoms. The largest absolute Gasteiger partial charge is 0.508 e. The summed E-state index contributed by atoms with van der Waals surface area (Å²) in [5, 5.41) is 49.5. The fourth-order valence-corrected chi connectivity index (χ4v) is 6.48. The minimum atomic E-state index is -2.71. The Morgan fingerprint density at radius 2 is 1.79 bits per heavy atom. The molecule has 8 N–H and O–H groups in total. The first-order chi connectivity index (χ1) is 18.4. The van der Waals surface area contributed by atoms with Gasteiger partial charge in [-0.2, -0.15) is 0 Å². The van der Waals surface area contributed by atoms with Gasteiger partial charge in [-0.3, -0.25) is 19.2 Å². The Kier molecular flexibility index (Phi) is 6.71. The van der Waals surface area contributed by atoms with Crippen molar-refractivity contribution in [2.75, 3.05) is 11.9 Å². The van der Waals surface area contributed by atoms with Crippen LogP contribution in [0.2, 0.25) is 0 Å². The van der Waals surface area contributed by atoms with Crippen LogP contribution in [-0.4, -0.2) is 62.0 Å². The lowest BCUT2D eigenvalue weighted by molar-refractivity contribution is -0.147. The first-order valence-electron chi connectivity index (χ1n) is 13.0. The molecule has 1 unspecified atom stereocenters. The van der Waals surface area contributed by atoms with Gasteiger partial charge >= 0.3 is 0 Å². The van der Waals surface area contributed by atoms with Gasteiger partial charge in [0.2, 0.25) is 11.7 Å². The van der Waals surface area contributed by atoms with Gasteiger partial charge in [-0.15, -0.1) is 0 Å². The number of halogens is 1. The van der Waals surface area contributed by atoms with Crippen molar-refractivity contribution in [3.63, 3.8) is 0 Å². The SMILES string of the molecule is NC(=O)C1=C(O)[C@@]2(O)C(=O)C3=C(O)c4c(O)c(NC(=O)CNC5CCCCC5)cc(F)c4CC3C[C@H]2CC1=O. The number of nitrogens with one attached hydrogen (secondary N) is 2. The lowest BCUT2D eigenvalue weighted by Gasteiger charge is -2.46. The van der Waals surface area contributed by atoms with Crippen LogP contribution in [0.25, 0.3) is 5.76 Å². The number of nitrogens with two attached hydrogens (primary N) is 1. The number of Topliss-reactive ketones (excluding diaryl/α,β-unsaturated/α-hetero) is 2. The van der Waals surface area contributed by atoms with Crippen molar-refractivity contribution in [2.24, 2.45) is 17.6 Å². The predicted molar refractivity (Wildman–Crippen MR) is 135 cm³/mol. The van der Waals surface area contributed by atoms with Crippen molar-refractivity contribution in [1.29, 1.82) is 0 Å². The summed E-state index contributed by atoms with van der Waals surface area (Å²) in [6.07, 6.45) is 4.43.